The van der Waals surface area contributed by atoms with E-state index in [-0.39, 0.29) is 19.5 Å². The zero-order valence-electron chi connectivity index (χ0n) is 7.54. The molecule has 1 nitrogen and oxygen atoms in total. The highest BCUT2D eigenvalue weighted by atomic mass is 127. The summed E-state index contributed by atoms with van der Waals surface area (Å²) in [5.74, 6) is -0.623. The zero-order chi connectivity index (χ0) is 12.5. The summed E-state index contributed by atoms with van der Waals surface area (Å²) < 4.78 is 38.1. The predicted molar refractivity (Wildman–Crippen MR) is 67.3 cm³/mol. The highest BCUT2D eigenvalue weighted by molar-refractivity contribution is 14.1. The fourth-order valence-electron chi connectivity index (χ4n) is 1.13. The summed E-state index contributed by atoms with van der Waals surface area (Å²) in [6.45, 7) is 0. The van der Waals surface area contributed by atoms with Crippen LogP contribution in [0.1, 0.15) is 15.9 Å². The van der Waals surface area contributed by atoms with Gasteiger partial charge in [0.1, 0.15) is 0 Å². The van der Waals surface area contributed by atoms with Gasteiger partial charge in [0.2, 0.25) is 0 Å². The van der Waals surface area contributed by atoms with Crippen molar-refractivity contribution in [3.8, 4) is 0 Å². The maximum Gasteiger partial charge on any atom is 0.418 e. The van der Waals surface area contributed by atoms with Gasteiger partial charge in [-0.25, -0.2) is 0 Å². The summed E-state index contributed by atoms with van der Waals surface area (Å²) >= 11 is 9.94. The molecule has 7 heteroatoms. The molecule has 16 heavy (non-hydrogen) atoms. The van der Waals surface area contributed by atoms with Crippen LogP contribution in [-0.4, -0.2) is 11.1 Å². The fourth-order valence-corrected chi connectivity index (χ4v) is 2.37. The molecular weight excluding hydrogens is 423 g/mol. The molecule has 0 aromatic heterocycles. The number of ketones is 1. The van der Waals surface area contributed by atoms with Gasteiger partial charge in [-0.2, -0.15) is 13.2 Å². The van der Waals surface area contributed by atoms with Crippen molar-refractivity contribution in [2.45, 2.75) is 6.18 Å². The third-order valence-electron chi connectivity index (χ3n) is 1.80. The summed E-state index contributed by atoms with van der Waals surface area (Å²) in [5, 5.41) is -0.174. The van der Waals surface area contributed by atoms with E-state index in [4.69, 9.17) is 11.6 Å². The molecule has 0 atom stereocenters. The molecule has 0 amide bonds. The Labute approximate surface area is 117 Å². The van der Waals surface area contributed by atoms with Gasteiger partial charge in [0.15, 0.2) is 5.78 Å². The number of rotatable bonds is 2. The lowest BCUT2D eigenvalue weighted by atomic mass is 10.0. The maximum absolute atomic E-state index is 12.8. The molecule has 0 radical (unpaired) electrons. The average molecular weight is 427 g/mol. The minimum absolute atomic E-state index is 0.0148. The highest BCUT2D eigenvalue weighted by Gasteiger charge is 2.38. The standard InChI is InChI=1S/C9H4BrClF3IO/c10-3-6(16)4-1-2-5(11)8(15)7(4)9(12,13)14/h1-2H,3H2. The quantitative estimate of drug-likeness (QED) is 0.385. The van der Waals surface area contributed by atoms with Gasteiger partial charge in [-0.3, -0.25) is 4.79 Å². The van der Waals surface area contributed by atoms with Gasteiger partial charge in [-0.15, -0.1) is 0 Å². The summed E-state index contributed by atoms with van der Waals surface area (Å²) in [6.07, 6.45) is -4.59. The normalized spacial score (nSPS) is 11.6. The van der Waals surface area contributed by atoms with Crippen LogP contribution >= 0.6 is 50.1 Å². The van der Waals surface area contributed by atoms with Gasteiger partial charge >= 0.3 is 6.18 Å². The Morgan fingerprint density at radius 1 is 1.44 bits per heavy atom. The number of hydrogen-bond donors (Lipinski definition) is 0. The molecule has 0 N–H and O–H groups in total. The molecule has 0 saturated heterocycles. The van der Waals surface area contributed by atoms with Gasteiger partial charge in [-0.1, -0.05) is 27.5 Å². The van der Waals surface area contributed by atoms with Crippen molar-refractivity contribution in [2.24, 2.45) is 0 Å². The first kappa shape index (κ1) is 14.2. The lowest BCUT2D eigenvalue weighted by Crippen LogP contribution is -2.16. The third kappa shape index (κ3) is 2.89. The molecule has 0 saturated carbocycles. The van der Waals surface area contributed by atoms with Crippen LogP contribution in [0.25, 0.3) is 0 Å². The minimum Gasteiger partial charge on any atom is -0.293 e. The van der Waals surface area contributed by atoms with E-state index in [0.717, 1.165) is 6.07 Å². The van der Waals surface area contributed by atoms with Crippen LogP contribution in [0.5, 0.6) is 0 Å². The lowest BCUT2D eigenvalue weighted by molar-refractivity contribution is -0.138. The number of halogens is 6. The van der Waals surface area contributed by atoms with Crippen LogP contribution in [0.15, 0.2) is 12.1 Å². The molecule has 0 heterocycles. The van der Waals surface area contributed by atoms with Crippen molar-refractivity contribution in [1.29, 1.82) is 0 Å². The molecule has 1 aromatic carbocycles. The Bertz CT molecular complexity index is 433. The molecule has 1 rings (SSSR count). The van der Waals surface area contributed by atoms with Crippen molar-refractivity contribution in [2.75, 3.05) is 5.33 Å². The number of carbonyl (C=O) groups is 1. The molecule has 0 unspecified atom stereocenters. The predicted octanol–water partition coefficient (Wildman–Crippen LogP) is 4.54. The van der Waals surface area contributed by atoms with E-state index >= 15 is 0 Å². The van der Waals surface area contributed by atoms with Gasteiger partial charge in [0.25, 0.3) is 0 Å². The first-order chi connectivity index (χ1) is 7.29. The largest absolute Gasteiger partial charge is 0.418 e. The smallest absolute Gasteiger partial charge is 0.293 e. The van der Waals surface area contributed by atoms with Crippen LogP contribution in [0.2, 0.25) is 5.02 Å². The van der Waals surface area contributed by atoms with Crippen molar-refractivity contribution in [3.05, 3.63) is 31.9 Å². The van der Waals surface area contributed by atoms with E-state index in [1.54, 1.807) is 0 Å². The summed E-state index contributed by atoms with van der Waals surface area (Å²) in [4.78, 5) is 11.4. The molecular formula is C9H4BrClF3IO. The van der Waals surface area contributed by atoms with Gasteiger partial charge in [0.05, 0.1) is 15.9 Å². The second-order valence-electron chi connectivity index (χ2n) is 2.84. The SMILES string of the molecule is O=C(CBr)c1ccc(Cl)c(I)c1C(F)(F)F. The van der Waals surface area contributed by atoms with Crippen molar-refractivity contribution in [1.82, 2.24) is 0 Å². The molecule has 0 aliphatic rings. The second kappa shape index (κ2) is 5.22. The number of Topliss-reactive ketones (excluding diaryl/α,β-unsaturated/α-hetero) is 1. The molecule has 88 valence electrons. The first-order valence-corrected chi connectivity index (χ1v) is 6.51. The molecule has 0 spiro atoms. The van der Waals surface area contributed by atoms with Gasteiger partial charge in [0, 0.05) is 9.13 Å². The number of hydrogen-bond acceptors (Lipinski definition) is 1. The van der Waals surface area contributed by atoms with E-state index in [9.17, 15) is 18.0 Å². The lowest BCUT2D eigenvalue weighted by Gasteiger charge is -2.14. The third-order valence-corrected chi connectivity index (χ3v) is 4.06. The molecule has 1 aromatic rings. The monoisotopic (exact) mass is 426 g/mol. The first-order valence-electron chi connectivity index (χ1n) is 3.93. The van der Waals surface area contributed by atoms with E-state index in [1.165, 1.54) is 28.7 Å². The van der Waals surface area contributed by atoms with Crippen LogP contribution < -0.4 is 0 Å². The molecule has 0 fully saturated rings. The second-order valence-corrected chi connectivity index (χ2v) is 4.89. The van der Waals surface area contributed by atoms with E-state index in [2.05, 4.69) is 15.9 Å². The van der Waals surface area contributed by atoms with Crippen LogP contribution in [0.4, 0.5) is 13.2 Å². The Hall–Kier alpha value is 0.180. The fraction of sp³-hybridized carbons (Fsp3) is 0.222. The minimum atomic E-state index is -4.59. The van der Waals surface area contributed by atoms with Crippen LogP contribution in [-0.2, 0) is 6.18 Å². The molecule has 0 aliphatic heterocycles. The number of carbonyl (C=O) groups excluding carboxylic acids is 1. The summed E-state index contributed by atoms with van der Waals surface area (Å²) in [6, 6.07) is 2.38. The molecule has 0 aliphatic carbocycles. The van der Waals surface area contributed by atoms with Gasteiger partial charge < -0.3 is 0 Å². The van der Waals surface area contributed by atoms with E-state index < -0.39 is 17.5 Å². The number of alkyl halides is 4. The van der Waals surface area contributed by atoms with E-state index in [1.807, 2.05) is 0 Å². The topological polar surface area (TPSA) is 17.1 Å². The molecule has 0 bridgehead atoms. The highest BCUT2D eigenvalue weighted by Crippen LogP contribution is 2.38. The van der Waals surface area contributed by atoms with Crippen molar-refractivity contribution in [3.63, 3.8) is 0 Å². The summed E-state index contributed by atoms with van der Waals surface area (Å²) in [5.41, 5.74) is -1.33. The Morgan fingerprint density at radius 2 is 2.00 bits per heavy atom. The summed E-state index contributed by atoms with van der Waals surface area (Å²) in [7, 11) is 0. The Morgan fingerprint density at radius 3 is 2.44 bits per heavy atom. The van der Waals surface area contributed by atoms with Crippen LogP contribution in [0, 0.1) is 3.57 Å². The number of benzene rings is 1. The average Bonchev–Trinajstić information content (AvgIpc) is 2.18. The van der Waals surface area contributed by atoms with Crippen LogP contribution in [0.3, 0.4) is 0 Å². The van der Waals surface area contributed by atoms with Crippen molar-refractivity contribution < 1.29 is 18.0 Å². The zero-order valence-corrected chi connectivity index (χ0v) is 12.0. The Kier molecular flexibility index (Phi) is 4.65. The van der Waals surface area contributed by atoms with Crippen molar-refractivity contribution >= 4 is 55.9 Å². The Balaban J connectivity index is 3.52. The maximum atomic E-state index is 12.8. The van der Waals surface area contributed by atoms with Gasteiger partial charge in [-0.05, 0) is 34.7 Å². The van der Waals surface area contributed by atoms with E-state index in [0.29, 0.717) is 0 Å².